The SMILES string of the molecule is NCc1ccc(OC(F)(F)C(F)F)cn1. The molecule has 0 saturated carbocycles. The molecule has 0 aliphatic rings. The van der Waals surface area contributed by atoms with Gasteiger partial charge in [0.25, 0.3) is 0 Å². The van der Waals surface area contributed by atoms with E-state index in [1.807, 2.05) is 0 Å². The molecule has 0 atom stereocenters. The minimum absolute atomic E-state index is 0.130. The zero-order chi connectivity index (χ0) is 11.5. The van der Waals surface area contributed by atoms with E-state index in [4.69, 9.17) is 5.73 Å². The average Bonchev–Trinajstić information content (AvgIpc) is 2.18. The van der Waals surface area contributed by atoms with Crippen molar-refractivity contribution in [2.24, 2.45) is 5.73 Å². The van der Waals surface area contributed by atoms with E-state index in [2.05, 4.69) is 9.72 Å². The van der Waals surface area contributed by atoms with Gasteiger partial charge < -0.3 is 10.5 Å². The van der Waals surface area contributed by atoms with E-state index in [9.17, 15) is 17.6 Å². The van der Waals surface area contributed by atoms with E-state index in [-0.39, 0.29) is 6.54 Å². The summed E-state index contributed by atoms with van der Waals surface area (Å²) in [5.74, 6) is -0.433. The standard InChI is InChI=1S/C8H8F4N2O/c9-7(10)8(11,12)15-6-2-1-5(3-13)14-4-6/h1-2,4,7H,3,13H2. The molecule has 0 unspecified atom stereocenters. The fourth-order valence-electron chi connectivity index (χ4n) is 0.794. The molecule has 0 fully saturated rings. The largest absolute Gasteiger partial charge is 0.461 e. The smallest absolute Gasteiger partial charge is 0.427 e. The summed E-state index contributed by atoms with van der Waals surface area (Å²) >= 11 is 0. The van der Waals surface area contributed by atoms with Gasteiger partial charge in [-0.2, -0.15) is 17.6 Å². The van der Waals surface area contributed by atoms with E-state index in [1.54, 1.807) is 0 Å². The van der Waals surface area contributed by atoms with Gasteiger partial charge in [-0.1, -0.05) is 0 Å². The van der Waals surface area contributed by atoms with Crippen LogP contribution in [0.15, 0.2) is 18.3 Å². The second kappa shape index (κ2) is 4.43. The number of hydrogen-bond acceptors (Lipinski definition) is 3. The lowest BCUT2D eigenvalue weighted by atomic mass is 10.3. The van der Waals surface area contributed by atoms with Crippen LogP contribution in [0.3, 0.4) is 0 Å². The number of rotatable bonds is 4. The zero-order valence-electron chi connectivity index (χ0n) is 7.46. The molecule has 0 saturated heterocycles. The third-order valence-electron chi connectivity index (χ3n) is 1.51. The summed E-state index contributed by atoms with van der Waals surface area (Å²) in [6.07, 6.45) is -7.48. The van der Waals surface area contributed by atoms with Crippen molar-refractivity contribution in [2.75, 3.05) is 0 Å². The molecule has 1 aromatic heterocycles. The van der Waals surface area contributed by atoms with Crippen LogP contribution in [0.1, 0.15) is 5.69 Å². The van der Waals surface area contributed by atoms with Crippen molar-refractivity contribution in [3.8, 4) is 5.75 Å². The highest BCUT2D eigenvalue weighted by molar-refractivity contribution is 5.20. The molecule has 0 aliphatic heterocycles. The van der Waals surface area contributed by atoms with Gasteiger partial charge in [-0.05, 0) is 12.1 Å². The maximum atomic E-state index is 12.4. The summed E-state index contributed by atoms with van der Waals surface area (Å²) in [5.41, 5.74) is 5.65. The highest BCUT2D eigenvalue weighted by Crippen LogP contribution is 2.26. The summed E-state index contributed by atoms with van der Waals surface area (Å²) in [6, 6.07) is 2.42. The molecular formula is C8H8F4N2O. The molecule has 1 aromatic rings. The Labute approximate surface area is 82.9 Å². The van der Waals surface area contributed by atoms with Crippen LogP contribution in [0.4, 0.5) is 17.6 Å². The van der Waals surface area contributed by atoms with E-state index >= 15 is 0 Å². The van der Waals surface area contributed by atoms with Crippen LogP contribution in [-0.2, 0) is 6.54 Å². The van der Waals surface area contributed by atoms with Gasteiger partial charge in [0, 0.05) is 6.54 Å². The van der Waals surface area contributed by atoms with E-state index in [0.717, 1.165) is 12.3 Å². The monoisotopic (exact) mass is 224 g/mol. The highest BCUT2D eigenvalue weighted by Gasteiger charge is 2.43. The van der Waals surface area contributed by atoms with Gasteiger partial charge in [0.2, 0.25) is 0 Å². The molecule has 15 heavy (non-hydrogen) atoms. The van der Waals surface area contributed by atoms with Crippen LogP contribution in [0.5, 0.6) is 5.75 Å². The first-order valence-corrected chi connectivity index (χ1v) is 3.95. The Morgan fingerprint density at radius 3 is 2.47 bits per heavy atom. The molecule has 0 aromatic carbocycles. The second-order valence-electron chi connectivity index (χ2n) is 2.65. The van der Waals surface area contributed by atoms with Crippen LogP contribution >= 0.6 is 0 Å². The zero-order valence-corrected chi connectivity index (χ0v) is 7.46. The van der Waals surface area contributed by atoms with Crippen molar-refractivity contribution >= 4 is 0 Å². The number of nitrogens with zero attached hydrogens (tertiary/aromatic N) is 1. The van der Waals surface area contributed by atoms with Crippen LogP contribution in [0, 0.1) is 0 Å². The fourth-order valence-corrected chi connectivity index (χ4v) is 0.794. The topological polar surface area (TPSA) is 48.1 Å². The number of alkyl halides is 4. The molecule has 0 radical (unpaired) electrons. The van der Waals surface area contributed by atoms with Gasteiger partial charge in [0.05, 0.1) is 11.9 Å². The Balaban J connectivity index is 2.73. The van der Waals surface area contributed by atoms with Crippen molar-refractivity contribution in [1.29, 1.82) is 0 Å². The lowest BCUT2D eigenvalue weighted by Crippen LogP contribution is -2.33. The first-order chi connectivity index (χ1) is 6.95. The summed E-state index contributed by atoms with van der Waals surface area (Å²) in [6.45, 7) is 0.130. The fraction of sp³-hybridized carbons (Fsp3) is 0.375. The summed E-state index contributed by atoms with van der Waals surface area (Å²) < 4.78 is 52.0. The van der Waals surface area contributed by atoms with Gasteiger partial charge in [0.1, 0.15) is 5.75 Å². The predicted molar refractivity (Wildman–Crippen MR) is 43.7 cm³/mol. The van der Waals surface area contributed by atoms with Gasteiger partial charge in [-0.25, -0.2) is 0 Å². The average molecular weight is 224 g/mol. The predicted octanol–water partition coefficient (Wildman–Crippen LogP) is 1.78. The Morgan fingerprint density at radius 2 is 2.07 bits per heavy atom. The molecule has 1 rings (SSSR count). The Bertz CT molecular complexity index is 315. The number of ether oxygens (including phenoxy) is 1. The second-order valence-corrected chi connectivity index (χ2v) is 2.65. The van der Waals surface area contributed by atoms with Crippen LogP contribution in [0.2, 0.25) is 0 Å². The number of aromatic nitrogens is 1. The third kappa shape index (κ3) is 3.05. The van der Waals surface area contributed by atoms with Crippen LogP contribution in [0.25, 0.3) is 0 Å². The maximum absolute atomic E-state index is 12.4. The van der Waals surface area contributed by atoms with Crippen LogP contribution in [-0.4, -0.2) is 17.5 Å². The number of nitrogens with two attached hydrogens (primary N) is 1. The molecular weight excluding hydrogens is 216 g/mol. The molecule has 1 heterocycles. The first kappa shape index (κ1) is 11.7. The normalized spacial score (nSPS) is 11.9. The van der Waals surface area contributed by atoms with E-state index in [0.29, 0.717) is 5.69 Å². The Hall–Kier alpha value is -1.37. The number of pyridine rings is 1. The van der Waals surface area contributed by atoms with Gasteiger partial charge in [0.15, 0.2) is 0 Å². The van der Waals surface area contributed by atoms with Crippen molar-refractivity contribution in [2.45, 2.75) is 19.1 Å². The lowest BCUT2D eigenvalue weighted by molar-refractivity contribution is -0.253. The third-order valence-corrected chi connectivity index (χ3v) is 1.51. The van der Waals surface area contributed by atoms with E-state index < -0.39 is 18.3 Å². The molecule has 7 heteroatoms. The van der Waals surface area contributed by atoms with Crippen molar-refractivity contribution in [3.63, 3.8) is 0 Å². The number of hydrogen-bond donors (Lipinski definition) is 1. The molecule has 3 nitrogen and oxygen atoms in total. The number of halogens is 4. The van der Waals surface area contributed by atoms with Gasteiger partial charge in [-0.15, -0.1) is 0 Å². The maximum Gasteiger partial charge on any atom is 0.461 e. The van der Waals surface area contributed by atoms with Crippen molar-refractivity contribution in [3.05, 3.63) is 24.0 Å². The minimum Gasteiger partial charge on any atom is -0.427 e. The summed E-state index contributed by atoms with van der Waals surface area (Å²) in [7, 11) is 0. The lowest BCUT2D eigenvalue weighted by Gasteiger charge is -2.16. The summed E-state index contributed by atoms with van der Waals surface area (Å²) in [4.78, 5) is 3.61. The van der Waals surface area contributed by atoms with Gasteiger partial charge >= 0.3 is 12.5 Å². The Morgan fingerprint density at radius 1 is 1.40 bits per heavy atom. The van der Waals surface area contributed by atoms with Gasteiger partial charge in [-0.3, -0.25) is 4.98 Å². The molecule has 84 valence electrons. The van der Waals surface area contributed by atoms with E-state index in [1.165, 1.54) is 6.07 Å². The highest BCUT2D eigenvalue weighted by atomic mass is 19.3. The minimum atomic E-state index is -4.51. The molecule has 0 aliphatic carbocycles. The van der Waals surface area contributed by atoms with Crippen molar-refractivity contribution < 1.29 is 22.3 Å². The quantitative estimate of drug-likeness (QED) is 0.793. The Kier molecular flexibility index (Phi) is 3.46. The molecule has 0 bridgehead atoms. The van der Waals surface area contributed by atoms with Crippen molar-refractivity contribution in [1.82, 2.24) is 4.98 Å². The molecule has 2 N–H and O–H groups in total. The first-order valence-electron chi connectivity index (χ1n) is 3.95. The van der Waals surface area contributed by atoms with Crippen LogP contribution < -0.4 is 10.5 Å². The molecule has 0 spiro atoms. The molecule has 0 amide bonds. The summed E-state index contributed by atoms with van der Waals surface area (Å²) in [5, 5.41) is 0.